The summed E-state index contributed by atoms with van der Waals surface area (Å²) in [5.74, 6) is 0. The van der Waals surface area contributed by atoms with Gasteiger partial charge < -0.3 is 4.90 Å². The Morgan fingerprint density at radius 1 is 1.35 bits per heavy atom. The summed E-state index contributed by atoms with van der Waals surface area (Å²) in [7, 11) is 0. The molecule has 0 spiro atoms. The van der Waals surface area contributed by atoms with Crippen molar-refractivity contribution in [1.82, 2.24) is 9.88 Å². The maximum atomic E-state index is 4.30. The number of nitrogens with zero attached hydrogens (tertiary/aromatic N) is 2. The molecule has 0 aromatic carbocycles. The Morgan fingerprint density at radius 3 is 2.59 bits per heavy atom. The van der Waals surface area contributed by atoms with Crippen LogP contribution in [0.3, 0.4) is 0 Å². The first-order chi connectivity index (χ1) is 8.20. The van der Waals surface area contributed by atoms with Gasteiger partial charge in [-0.05, 0) is 59.4 Å². The number of piperidine rings is 1. The summed E-state index contributed by atoms with van der Waals surface area (Å²) in [6.45, 7) is 8.04. The largest absolute Gasteiger partial charge is 0.303 e. The van der Waals surface area contributed by atoms with Crippen LogP contribution in [0.5, 0.6) is 0 Å². The second-order valence-electron chi connectivity index (χ2n) is 4.53. The summed E-state index contributed by atoms with van der Waals surface area (Å²) in [5.41, 5.74) is 4.27. The molecule has 0 aliphatic carbocycles. The molecule has 2 nitrogen and oxygen atoms in total. The molecule has 2 heterocycles. The predicted molar refractivity (Wildman–Crippen MR) is 75.9 cm³/mol. The Bertz CT molecular complexity index is 399. The van der Waals surface area contributed by atoms with E-state index in [0.717, 1.165) is 4.60 Å². The average Bonchev–Trinajstić information content (AvgIpc) is 2.39. The van der Waals surface area contributed by atoms with Gasteiger partial charge in [0.05, 0.1) is 0 Å². The molecular formula is C14H19BrN2. The van der Waals surface area contributed by atoms with Crippen LogP contribution in [0.1, 0.15) is 32.3 Å². The number of pyridine rings is 1. The molecule has 0 unspecified atom stereocenters. The fourth-order valence-corrected chi connectivity index (χ4v) is 2.55. The van der Waals surface area contributed by atoms with Crippen LogP contribution in [-0.2, 0) is 0 Å². The average molecular weight is 295 g/mol. The number of allylic oxidation sites excluding steroid dienone is 1. The first-order valence-corrected chi connectivity index (χ1v) is 7.03. The fraction of sp³-hybridized carbons (Fsp3) is 0.500. The van der Waals surface area contributed by atoms with Crippen molar-refractivity contribution in [3.05, 3.63) is 34.1 Å². The number of aromatic nitrogens is 1. The van der Waals surface area contributed by atoms with Crippen molar-refractivity contribution in [2.45, 2.75) is 26.7 Å². The Morgan fingerprint density at radius 2 is 2.06 bits per heavy atom. The van der Waals surface area contributed by atoms with Crippen LogP contribution in [-0.4, -0.2) is 29.5 Å². The van der Waals surface area contributed by atoms with E-state index >= 15 is 0 Å². The third-order valence-corrected chi connectivity index (χ3v) is 4.07. The highest BCUT2D eigenvalue weighted by Gasteiger charge is 2.14. The third-order valence-electron chi connectivity index (χ3n) is 3.60. The molecule has 17 heavy (non-hydrogen) atoms. The van der Waals surface area contributed by atoms with Crippen LogP contribution in [0, 0.1) is 0 Å². The summed E-state index contributed by atoms with van der Waals surface area (Å²) in [5, 5.41) is 0. The summed E-state index contributed by atoms with van der Waals surface area (Å²) in [4.78, 5) is 6.81. The summed E-state index contributed by atoms with van der Waals surface area (Å²) >= 11 is 3.37. The molecule has 0 N–H and O–H groups in total. The summed E-state index contributed by atoms with van der Waals surface area (Å²) in [6.07, 6.45) is 4.37. The summed E-state index contributed by atoms with van der Waals surface area (Å²) < 4.78 is 0.903. The van der Waals surface area contributed by atoms with E-state index in [1.54, 1.807) is 5.57 Å². The smallest absolute Gasteiger partial charge is 0.106 e. The maximum absolute atomic E-state index is 4.30. The molecule has 0 saturated carbocycles. The lowest BCUT2D eigenvalue weighted by Gasteiger charge is -2.28. The maximum Gasteiger partial charge on any atom is 0.106 e. The van der Waals surface area contributed by atoms with Gasteiger partial charge in [0, 0.05) is 19.3 Å². The lowest BCUT2D eigenvalue weighted by atomic mass is 9.95. The van der Waals surface area contributed by atoms with Crippen molar-refractivity contribution in [2.75, 3.05) is 19.6 Å². The van der Waals surface area contributed by atoms with Crippen LogP contribution in [0.25, 0.3) is 5.57 Å². The van der Waals surface area contributed by atoms with Crippen LogP contribution >= 0.6 is 15.9 Å². The third kappa shape index (κ3) is 3.17. The van der Waals surface area contributed by atoms with Crippen molar-refractivity contribution in [3.8, 4) is 0 Å². The van der Waals surface area contributed by atoms with Crippen molar-refractivity contribution < 1.29 is 0 Å². The zero-order valence-corrected chi connectivity index (χ0v) is 12.1. The van der Waals surface area contributed by atoms with E-state index in [4.69, 9.17) is 0 Å². The van der Waals surface area contributed by atoms with Gasteiger partial charge in [-0.1, -0.05) is 18.6 Å². The van der Waals surface area contributed by atoms with Gasteiger partial charge in [0.25, 0.3) is 0 Å². The standard InChI is InChI=1S/C14H19BrN2/c1-3-17-8-6-12(7-9-17)11(2)13-4-5-14(15)16-10-13/h4-5,10H,3,6-9H2,1-2H3. The van der Waals surface area contributed by atoms with E-state index in [-0.39, 0.29) is 0 Å². The molecule has 1 saturated heterocycles. The summed E-state index contributed by atoms with van der Waals surface area (Å²) in [6, 6.07) is 4.16. The highest BCUT2D eigenvalue weighted by molar-refractivity contribution is 9.10. The second kappa shape index (κ2) is 5.78. The molecule has 0 radical (unpaired) electrons. The van der Waals surface area contributed by atoms with Crippen molar-refractivity contribution in [3.63, 3.8) is 0 Å². The van der Waals surface area contributed by atoms with Crippen molar-refractivity contribution >= 4 is 21.5 Å². The quantitative estimate of drug-likeness (QED) is 0.773. The first-order valence-electron chi connectivity index (χ1n) is 6.23. The molecule has 2 rings (SSSR count). The van der Waals surface area contributed by atoms with E-state index in [1.165, 1.54) is 43.6 Å². The molecule has 1 aromatic rings. The lowest BCUT2D eigenvalue weighted by Crippen LogP contribution is -2.30. The van der Waals surface area contributed by atoms with Gasteiger partial charge in [-0.3, -0.25) is 0 Å². The molecule has 0 atom stereocenters. The molecule has 3 heteroatoms. The van der Waals surface area contributed by atoms with Gasteiger partial charge >= 0.3 is 0 Å². The zero-order valence-electron chi connectivity index (χ0n) is 10.5. The topological polar surface area (TPSA) is 16.1 Å². The Labute approximate surface area is 112 Å². The number of halogens is 1. The highest BCUT2D eigenvalue weighted by Crippen LogP contribution is 2.26. The molecular weight excluding hydrogens is 276 g/mol. The van der Waals surface area contributed by atoms with Gasteiger partial charge in [-0.2, -0.15) is 0 Å². The zero-order chi connectivity index (χ0) is 12.3. The fourth-order valence-electron chi connectivity index (χ4n) is 2.32. The molecule has 1 aliphatic rings. The van der Waals surface area contributed by atoms with Crippen LogP contribution < -0.4 is 0 Å². The number of likely N-dealkylation sites (tertiary alicyclic amines) is 1. The first kappa shape index (κ1) is 12.8. The van der Waals surface area contributed by atoms with E-state index in [2.05, 4.69) is 45.7 Å². The number of hydrogen-bond acceptors (Lipinski definition) is 2. The molecule has 0 amide bonds. The molecule has 1 aromatic heterocycles. The minimum atomic E-state index is 0.903. The Kier molecular flexibility index (Phi) is 4.35. The van der Waals surface area contributed by atoms with Crippen molar-refractivity contribution in [2.24, 2.45) is 0 Å². The van der Waals surface area contributed by atoms with Gasteiger partial charge in [-0.25, -0.2) is 4.98 Å². The van der Waals surface area contributed by atoms with Crippen LogP contribution in [0.4, 0.5) is 0 Å². The minimum Gasteiger partial charge on any atom is -0.303 e. The van der Waals surface area contributed by atoms with E-state index in [0.29, 0.717) is 0 Å². The lowest BCUT2D eigenvalue weighted by molar-refractivity contribution is 0.270. The predicted octanol–water partition coefficient (Wildman–Crippen LogP) is 3.73. The molecule has 1 aliphatic heterocycles. The van der Waals surface area contributed by atoms with Gasteiger partial charge in [-0.15, -0.1) is 0 Å². The van der Waals surface area contributed by atoms with Gasteiger partial charge in [0.2, 0.25) is 0 Å². The second-order valence-corrected chi connectivity index (χ2v) is 5.34. The molecule has 1 fully saturated rings. The minimum absolute atomic E-state index is 0.903. The van der Waals surface area contributed by atoms with Crippen LogP contribution in [0.2, 0.25) is 0 Å². The molecule has 92 valence electrons. The van der Waals surface area contributed by atoms with Crippen molar-refractivity contribution in [1.29, 1.82) is 0 Å². The normalized spacial score (nSPS) is 17.2. The number of rotatable bonds is 2. The van der Waals surface area contributed by atoms with Gasteiger partial charge in [0.1, 0.15) is 4.60 Å². The van der Waals surface area contributed by atoms with E-state index in [1.807, 2.05) is 12.3 Å². The Balaban J connectivity index is 2.13. The SMILES string of the molecule is CCN1CCC(=C(C)c2ccc(Br)nc2)CC1. The van der Waals surface area contributed by atoms with Gasteiger partial charge in [0.15, 0.2) is 0 Å². The highest BCUT2D eigenvalue weighted by atomic mass is 79.9. The number of hydrogen-bond donors (Lipinski definition) is 0. The van der Waals surface area contributed by atoms with E-state index < -0.39 is 0 Å². The van der Waals surface area contributed by atoms with E-state index in [9.17, 15) is 0 Å². The Hall–Kier alpha value is -0.670. The van der Waals surface area contributed by atoms with Crippen LogP contribution in [0.15, 0.2) is 28.5 Å². The molecule has 0 bridgehead atoms. The monoisotopic (exact) mass is 294 g/mol.